The molecule has 0 radical (unpaired) electrons. The molecule has 1 saturated carbocycles. The van der Waals surface area contributed by atoms with E-state index in [9.17, 15) is 0 Å². The van der Waals surface area contributed by atoms with E-state index >= 15 is 0 Å². The molecule has 0 aliphatic heterocycles. The van der Waals surface area contributed by atoms with E-state index in [4.69, 9.17) is 16.2 Å². The summed E-state index contributed by atoms with van der Waals surface area (Å²) in [5.41, 5.74) is 7.78. The normalized spacial score (nSPS) is 17.5. The molecule has 1 fully saturated rings. The first-order valence-corrected chi connectivity index (χ1v) is 5.45. The molecule has 0 atom stereocenters. The summed E-state index contributed by atoms with van der Waals surface area (Å²) in [6.07, 6.45) is 4.14. The Labute approximate surface area is 99.6 Å². The van der Waals surface area contributed by atoms with Crippen LogP contribution < -0.4 is 5.73 Å². The standard InChI is InChI=1S/C12H14N4O/c1-8-9(5-12(7-13)2-3-12)4-10(6-15-8)11(14)16-17/h4,6,17H,2-3,5H2,1H3,(H2,14,16). The van der Waals surface area contributed by atoms with Gasteiger partial charge in [-0.2, -0.15) is 5.26 Å². The molecule has 1 aromatic heterocycles. The van der Waals surface area contributed by atoms with Gasteiger partial charge in [-0.25, -0.2) is 0 Å². The highest BCUT2D eigenvalue weighted by atomic mass is 16.4. The van der Waals surface area contributed by atoms with Gasteiger partial charge in [0.25, 0.3) is 0 Å². The summed E-state index contributed by atoms with van der Waals surface area (Å²) in [6, 6.07) is 4.19. The smallest absolute Gasteiger partial charge is 0.171 e. The molecule has 5 nitrogen and oxygen atoms in total. The van der Waals surface area contributed by atoms with E-state index in [2.05, 4.69) is 16.2 Å². The Kier molecular flexibility index (Phi) is 2.72. The quantitative estimate of drug-likeness (QED) is 0.354. The van der Waals surface area contributed by atoms with Crippen LogP contribution >= 0.6 is 0 Å². The minimum absolute atomic E-state index is 0.0422. The largest absolute Gasteiger partial charge is 0.409 e. The Bertz CT molecular complexity index is 512. The number of pyridine rings is 1. The topological polar surface area (TPSA) is 95.3 Å². The Morgan fingerprint density at radius 3 is 2.94 bits per heavy atom. The van der Waals surface area contributed by atoms with Crippen molar-refractivity contribution in [3.05, 3.63) is 29.1 Å². The van der Waals surface area contributed by atoms with Gasteiger partial charge in [0.2, 0.25) is 0 Å². The number of nitrogens with zero attached hydrogens (tertiary/aromatic N) is 3. The number of rotatable bonds is 3. The van der Waals surface area contributed by atoms with Gasteiger partial charge in [0.05, 0.1) is 11.5 Å². The monoisotopic (exact) mass is 230 g/mol. The lowest BCUT2D eigenvalue weighted by Crippen LogP contribution is -2.15. The molecule has 0 saturated heterocycles. The first-order chi connectivity index (χ1) is 8.10. The summed E-state index contributed by atoms with van der Waals surface area (Å²) in [5, 5.41) is 20.6. The van der Waals surface area contributed by atoms with Gasteiger partial charge < -0.3 is 10.9 Å². The Morgan fingerprint density at radius 1 is 1.71 bits per heavy atom. The fraction of sp³-hybridized carbons (Fsp3) is 0.417. The summed E-state index contributed by atoms with van der Waals surface area (Å²) in [6.45, 7) is 1.90. The molecule has 17 heavy (non-hydrogen) atoms. The van der Waals surface area contributed by atoms with E-state index in [1.54, 1.807) is 6.20 Å². The fourth-order valence-electron chi connectivity index (χ4n) is 1.80. The molecule has 0 spiro atoms. The maximum absolute atomic E-state index is 9.07. The Morgan fingerprint density at radius 2 is 2.41 bits per heavy atom. The highest BCUT2D eigenvalue weighted by Gasteiger charge is 2.43. The van der Waals surface area contributed by atoms with Gasteiger partial charge in [-0.05, 0) is 37.8 Å². The van der Waals surface area contributed by atoms with E-state index in [-0.39, 0.29) is 11.3 Å². The van der Waals surface area contributed by atoms with Gasteiger partial charge in [-0.15, -0.1) is 0 Å². The van der Waals surface area contributed by atoms with Gasteiger partial charge in [0.15, 0.2) is 5.84 Å². The number of oxime groups is 1. The fourth-order valence-corrected chi connectivity index (χ4v) is 1.80. The average Bonchev–Trinajstić information content (AvgIpc) is 3.11. The summed E-state index contributed by atoms with van der Waals surface area (Å²) in [4.78, 5) is 4.21. The molecule has 5 heteroatoms. The SMILES string of the molecule is Cc1ncc(C(N)=NO)cc1CC1(C#N)CC1. The van der Waals surface area contributed by atoms with E-state index in [0.29, 0.717) is 12.0 Å². The predicted octanol–water partition coefficient (Wildman–Crippen LogP) is 1.33. The van der Waals surface area contributed by atoms with Crippen molar-refractivity contribution >= 4 is 5.84 Å². The number of nitrogens with two attached hydrogens (primary N) is 1. The van der Waals surface area contributed by atoms with Crippen LogP contribution in [-0.4, -0.2) is 16.0 Å². The van der Waals surface area contributed by atoms with Crippen LogP contribution in [0.5, 0.6) is 0 Å². The van der Waals surface area contributed by atoms with Crippen LogP contribution in [0.1, 0.15) is 29.7 Å². The zero-order valence-electron chi connectivity index (χ0n) is 9.64. The zero-order chi connectivity index (χ0) is 12.5. The number of hydrogen-bond donors (Lipinski definition) is 2. The first kappa shape index (κ1) is 11.4. The lowest BCUT2D eigenvalue weighted by Gasteiger charge is -2.10. The number of aryl methyl sites for hydroxylation is 1. The second-order valence-electron chi connectivity index (χ2n) is 4.52. The molecule has 1 heterocycles. The van der Waals surface area contributed by atoms with Crippen molar-refractivity contribution in [1.29, 1.82) is 5.26 Å². The second-order valence-corrected chi connectivity index (χ2v) is 4.52. The van der Waals surface area contributed by atoms with E-state index in [1.807, 2.05) is 13.0 Å². The number of nitriles is 1. The van der Waals surface area contributed by atoms with Crippen LogP contribution in [-0.2, 0) is 6.42 Å². The third-order valence-electron chi connectivity index (χ3n) is 3.21. The lowest BCUT2D eigenvalue weighted by molar-refractivity contribution is 0.318. The van der Waals surface area contributed by atoms with Crippen molar-refractivity contribution in [3.8, 4) is 6.07 Å². The van der Waals surface area contributed by atoms with Crippen molar-refractivity contribution in [2.75, 3.05) is 0 Å². The molecule has 0 unspecified atom stereocenters. The van der Waals surface area contributed by atoms with E-state index in [0.717, 1.165) is 24.1 Å². The molecule has 1 aliphatic rings. The molecule has 0 amide bonds. The predicted molar refractivity (Wildman–Crippen MR) is 62.5 cm³/mol. The van der Waals surface area contributed by atoms with Crippen molar-refractivity contribution in [2.45, 2.75) is 26.2 Å². The van der Waals surface area contributed by atoms with Gasteiger partial charge in [-0.1, -0.05) is 5.16 Å². The van der Waals surface area contributed by atoms with Crippen LogP contribution in [0.3, 0.4) is 0 Å². The maximum Gasteiger partial charge on any atom is 0.171 e. The van der Waals surface area contributed by atoms with Crippen LogP contribution in [0.25, 0.3) is 0 Å². The van der Waals surface area contributed by atoms with Crippen molar-refractivity contribution in [1.82, 2.24) is 4.98 Å². The number of hydrogen-bond acceptors (Lipinski definition) is 4. The molecule has 0 bridgehead atoms. The highest BCUT2D eigenvalue weighted by molar-refractivity contribution is 5.96. The van der Waals surface area contributed by atoms with E-state index < -0.39 is 0 Å². The summed E-state index contributed by atoms with van der Waals surface area (Å²) < 4.78 is 0. The first-order valence-electron chi connectivity index (χ1n) is 5.45. The van der Waals surface area contributed by atoms with Crippen LogP contribution in [0.2, 0.25) is 0 Å². The molecular formula is C12H14N4O. The molecule has 3 N–H and O–H groups in total. The molecule has 1 aromatic rings. The summed E-state index contributed by atoms with van der Waals surface area (Å²) in [5.74, 6) is 0.0422. The molecule has 1 aliphatic carbocycles. The van der Waals surface area contributed by atoms with Gasteiger partial charge in [0.1, 0.15) is 0 Å². The Balaban J connectivity index is 2.31. The molecule has 0 aromatic carbocycles. The van der Waals surface area contributed by atoms with Gasteiger partial charge >= 0.3 is 0 Å². The van der Waals surface area contributed by atoms with Crippen LogP contribution in [0.15, 0.2) is 17.4 Å². The lowest BCUT2D eigenvalue weighted by atomic mass is 9.96. The van der Waals surface area contributed by atoms with E-state index in [1.165, 1.54) is 0 Å². The Hall–Kier alpha value is -2.09. The molecule has 2 rings (SSSR count). The van der Waals surface area contributed by atoms with Crippen LogP contribution in [0, 0.1) is 23.7 Å². The zero-order valence-corrected chi connectivity index (χ0v) is 9.64. The van der Waals surface area contributed by atoms with Gasteiger partial charge in [-0.3, -0.25) is 4.98 Å². The highest BCUT2D eigenvalue weighted by Crippen LogP contribution is 2.47. The third kappa shape index (κ3) is 2.21. The summed E-state index contributed by atoms with van der Waals surface area (Å²) in [7, 11) is 0. The summed E-state index contributed by atoms with van der Waals surface area (Å²) >= 11 is 0. The number of amidine groups is 1. The van der Waals surface area contributed by atoms with Crippen molar-refractivity contribution in [2.24, 2.45) is 16.3 Å². The second kappa shape index (κ2) is 4.06. The molecule has 88 valence electrons. The minimum atomic E-state index is -0.212. The molecular weight excluding hydrogens is 216 g/mol. The average molecular weight is 230 g/mol. The minimum Gasteiger partial charge on any atom is -0.409 e. The van der Waals surface area contributed by atoms with Crippen molar-refractivity contribution < 1.29 is 5.21 Å². The maximum atomic E-state index is 9.07. The van der Waals surface area contributed by atoms with Crippen LogP contribution in [0.4, 0.5) is 0 Å². The van der Waals surface area contributed by atoms with Crippen molar-refractivity contribution in [3.63, 3.8) is 0 Å². The third-order valence-corrected chi connectivity index (χ3v) is 3.21. The van der Waals surface area contributed by atoms with Gasteiger partial charge in [0, 0.05) is 17.5 Å². The number of aromatic nitrogens is 1.